The minimum atomic E-state index is -0.323. The second kappa shape index (κ2) is 9.09. The molecular formula is C25H21FN2OS. The highest BCUT2D eigenvalue weighted by atomic mass is 32.2. The zero-order valence-electron chi connectivity index (χ0n) is 16.6. The number of thioether (sulfide) groups is 1. The Balaban J connectivity index is 1.55. The molecule has 0 unspecified atom stereocenters. The van der Waals surface area contributed by atoms with Gasteiger partial charge in [0.15, 0.2) is 0 Å². The monoisotopic (exact) mass is 416 g/mol. The summed E-state index contributed by atoms with van der Waals surface area (Å²) in [6.45, 7) is 2.43. The molecule has 1 aromatic heterocycles. The topological polar surface area (TPSA) is 33.2 Å². The lowest BCUT2D eigenvalue weighted by Gasteiger charge is -2.23. The van der Waals surface area contributed by atoms with E-state index in [4.69, 9.17) is 4.98 Å². The number of anilines is 1. The van der Waals surface area contributed by atoms with Crippen molar-refractivity contribution in [2.75, 3.05) is 10.7 Å². The van der Waals surface area contributed by atoms with Crippen LogP contribution in [0.25, 0.3) is 10.9 Å². The van der Waals surface area contributed by atoms with Gasteiger partial charge in [0, 0.05) is 11.1 Å². The highest BCUT2D eigenvalue weighted by Crippen LogP contribution is 2.26. The van der Waals surface area contributed by atoms with Gasteiger partial charge in [-0.2, -0.15) is 0 Å². The van der Waals surface area contributed by atoms with E-state index in [0.717, 1.165) is 27.1 Å². The van der Waals surface area contributed by atoms with Crippen molar-refractivity contribution in [3.63, 3.8) is 0 Å². The maximum absolute atomic E-state index is 13.4. The molecule has 3 aromatic carbocycles. The van der Waals surface area contributed by atoms with Gasteiger partial charge in [-0.15, -0.1) is 0 Å². The fourth-order valence-electron chi connectivity index (χ4n) is 3.27. The molecule has 30 heavy (non-hydrogen) atoms. The van der Waals surface area contributed by atoms with E-state index in [1.54, 1.807) is 17.0 Å². The highest BCUT2D eigenvalue weighted by molar-refractivity contribution is 8.00. The van der Waals surface area contributed by atoms with Crippen molar-refractivity contribution < 1.29 is 9.18 Å². The molecule has 0 radical (unpaired) electrons. The molecule has 0 N–H and O–H groups in total. The summed E-state index contributed by atoms with van der Waals surface area (Å²) < 4.78 is 13.4. The number of pyridine rings is 1. The van der Waals surface area contributed by atoms with Gasteiger partial charge in [-0.3, -0.25) is 4.79 Å². The van der Waals surface area contributed by atoms with Gasteiger partial charge in [0.2, 0.25) is 5.91 Å². The summed E-state index contributed by atoms with van der Waals surface area (Å²) in [5.41, 5.74) is 3.65. The first kappa shape index (κ1) is 20.1. The predicted octanol–water partition coefficient (Wildman–Crippen LogP) is 6.01. The fourth-order valence-corrected chi connectivity index (χ4v) is 4.13. The first-order valence-electron chi connectivity index (χ1n) is 9.69. The molecule has 1 heterocycles. The van der Waals surface area contributed by atoms with Crippen LogP contribution in [0.5, 0.6) is 0 Å². The number of carbonyl (C=O) groups is 1. The molecule has 5 heteroatoms. The van der Waals surface area contributed by atoms with Crippen LogP contribution in [0.4, 0.5) is 10.1 Å². The number of benzene rings is 3. The van der Waals surface area contributed by atoms with Crippen LogP contribution in [0.2, 0.25) is 0 Å². The third-order valence-electron chi connectivity index (χ3n) is 4.82. The maximum atomic E-state index is 13.4. The molecule has 0 fully saturated rings. The Kier molecular flexibility index (Phi) is 6.10. The molecule has 3 nitrogen and oxygen atoms in total. The zero-order valence-corrected chi connectivity index (χ0v) is 17.4. The molecular weight excluding hydrogens is 395 g/mol. The summed E-state index contributed by atoms with van der Waals surface area (Å²) in [7, 11) is 0. The molecule has 0 saturated carbocycles. The molecule has 1 amide bonds. The van der Waals surface area contributed by atoms with Crippen LogP contribution in [0.1, 0.15) is 11.1 Å². The first-order chi connectivity index (χ1) is 14.6. The Morgan fingerprint density at radius 1 is 0.967 bits per heavy atom. The number of aryl methyl sites for hydroxylation is 1. The number of halogens is 1. The second-order valence-electron chi connectivity index (χ2n) is 7.03. The average molecular weight is 417 g/mol. The lowest BCUT2D eigenvalue weighted by atomic mass is 10.2. The number of amides is 1. The van der Waals surface area contributed by atoms with E-state index in [0.29, 0.717) is 12.2 Å². The summed E-state index contributed by atoms with van der Waals surface area (Å²) in [4.78, 5) is 19.6. The molecule has 0 bridgehead atoms. The van der Waals surface area contributed by atoms with E-state index in [1.807, 2.05) is 61.5 Å². The standard InChI is InChI=1S/C25H21FN2OS/c1-18-15-20-9-5-6-10-23(20)27-25(18)30-17-24(29)28(16-19-7-3-2-4-8-19)22-13-11-21(26)12-14-22/h2-15H,16-17H2,1H3. The van der Waals surface area contributed by atoms with E-state index < -0.39 is 0 Å². The van der Waals surface area contributed by atoms with Gasteiger partial charge in [0.05, 0.1) is 17.8 Å². The minimum absolute atomic E-state index is 0.0511. The highest BCUT2D eigenvalue weighted by Gasteiger charge is 2.18. The van der Waals surface area contributed by atoms with Crippen LogP contribution >= 0.6 is 11.8 Å². The van der Waals surface area contributed by atoms with Crippen molar-refractivity contribution in [3.8, 4) is 0 Å². The number of nitrogens with zero attached hydrogens (tertiary/aromatic N) is 2. The third kappa shape index (κ3) is 4.69. The summed E-state index contributed by atoms with van der Waals surface area (Å²) >= 11 is 1.43. The quantitative estimate of drug-likeness (QED) is 0.361. The third-order valence-corrected chi connectivity index (χ3v) is 5.90. The average Bonchev–Trinajstić information content (AvgIpc) is 2.77. The van der Waals surface area contributed by atoms with Crippen LogP contribution in [0.3, 0.4) is 0 Å². The smallest absolute Gasteiger partial charge is 0.237 e. The number of hydrogen-bond donors (Lipinski definition) is 0. The first-order valence-corrected chi connectivity index (χ1v) is 10.7. The minimum Gasteiger partial charge on any atom is -0.307 e. The number of para-hydroxylation sites is 1. The van der Waals surface area contributed by atoms with Gasteiger partial charge < -0.3 is 4.90 Å². The van der Waals surface area contributed by atoms with Gasteiger partial charge in [0.25, 0.3) is 0 Å². The lowest BCUT2D eigenvalue weighted by molar-refractivity contribution is -0.116. The molecule has 0 saturated heterocycles. The van der Waals surface area contributed by atoms with Crippen molar-refractivity contribution in [3.05, 3.63) is 102 Å². The Labute approximate surface area is 179 Å². The maximum Gasteiger partial charge on any atom is 0.237 e. The number of fused-ring (bicyclic) bond motifs is 1. The molecule has 150 valence electrons. The van der Waals surface area contributed by atoms with Crippen molar-refractivity contribution in [2.24, 2.45) is 0 Å². The Bertz CT molecular complexity index is 1160. The van der Waals surface area contributed by atoms with Crippen molar-refractivity contribution in [1.29, 1.82) is 0 Å². The van der Waals surface area contributed by atoms with E-state index in [1.165, 1.54) is 23.9 Å². The SMILES string of the molecule is Cc1cc2ccccc2nc1SCC(=O)N(Cc1ccccc1)c1ccc(F)cc1. The molecule has 0 aliphatic rings. The molecule has 0 aliphatic carbocycles. The predicted molar refractivity (Wildman–Crippen MR) is 121 cm³/mol. The van der Waals surface area contributed by atoms with E-state index in [9.17, 15) is 9.18 Å². The Hall–Kier alpha value is -3.18. The summed E-state index contributed by atoms with van der Waals surface area (Å²) in [6.07, 6.45) is 0. The summed E-state index contributed by atoms with van der Waals surface area (Å²) in [6, 6.07) is 25.9. The normalized spacial score (nSPS) is 10.9. The number of rotatable bonds is 6. The summed E-state index contributed by atoms with van der Waals surface area (Å²) in [5.74, 6) is -0.128. The van der Waals surface area contributed by atoms with E-state index >= 15 is 0 Å². The Morgan fingerprint density at radius 2 is 1.67 bits per heavy atom. The molecule has 4 rings (SSSR count). The van der Waals surface area contributed by atoms with Crippen molar-refractivity contribution in [1.82, 2.24) is 4.98 Å². The van der Waals surface area contributed by atoms with Gasteiger partial charge in [-0.05, 0) is 54.4 Å². The van der Waals surface area contributed by atoms with E-state index in [2.05, 4.69) is 6.07 Å². The number of carbonyl (C=O) groups excluding carboxylic acids is 1. The van der Waals surface area contributed by atoms with Crippen LogP contribution in [0.15, 0.2) is 90.0 Å². The van der Waals surface area contributed by atoms with Gasteiger partial charge in [-0.1, -0.05) is 60.3 Å². The second-order valence-corrected chi connectivity index (χ2v) is 8.00. The lowest BCUT2D eigenvalue weighted by Crippen LogP contribution is -2.32. The van der Waals surface area contributed by atoms with Crippen LogP contribution < -0.4 is 4.90 Å². The van der Waals surface area contributed by atoms with Crippen molar-refractivity contribution >= 4 is 34.3 Å². The van der Waals surface area contributed by atoms with Gasteiger partial charge in [-0.25, -0.2) is 9.37 Å². The molecule has 4 aromatic rings. The van der Waals surface area contributed by atoms with Gasteiger partial charge in [0.1, 0.15) is 10.8 Å². The van der Waals surface area contributed by atoms with Crippen LogP contribution in [-0.4, -0.2) is 16.6 Å². The molecule has 0 aliphatic heterocycles. The fraction of sp³-hybridized carbons (Fsp3) is 0.120. The zero-order chi connectivity index (χ0) is 20.9. The van der Waals surface area contributed by atoms with Crippen molar-refractivity contribution in [2.45, 2.75) is 18.5 Å². The number of hydrogen-bond acceptors (Lipinski definition) is 3. The molecule has 0 spiro atoms. The molecule has 0 atom stereocenters. The van der Waals surface area contributed by atoms with Gasteiger partial charge >= 0.3 is 0 Å². The van der Waals surface area contributed by atoms with Crippen LogP contribution in [-0.2, 0) is 11.3 Å². The number of aromatic nitrogens is 1. The largest absolute Gasteiger partial charge is 0.307 e. The Morgan fingerprint density at radius 3 is 2.43 bits per heavy atom. The summed E-state index contributed by atoms with van der Waals surface area (Å²) in [5, 5.41) is 1.93. The van der Waals surface area contributed by atoms with E-state index in [-0.39, 0.29) is 17.5 Å². The van der Waals surface area contributed by atoms with Crippen LogP contribution in [0, 0.1) is 12.7 Å².